The fourth-order valence-corrected chi connectivity index (χ4v) is 8.01. The lowest BCUT2D eigenvalue weighted by Crippen LogP contribution is -1.92. The summed E-state index contributed by atoms with van der Waals surface area (Å²) < 4.78 is 164. The van der Waals surface area contributed by atoms with Crippen molar-refractivity contribution in [2.24, 2.45) is 0 Å². The van der Waals surface area contributed by atoms with Gasteiger partial charge in [0.15, 0.2) is 0 Å². The Kier molecular flexibility index (Phi) is 3.58. The summed E-state index contributed by atoms with van der Waals surface area (Å²) in [5.41, 5.74) is 3.24. The molecule has 0 aliphatic rings. The summed E-state index contributed by atoms with van der Waals surface area (Å²) in [4.78, 5) is 0. The van der Waals surface area contributed by atoms with Gasteiger partial charge in [0.05, 0.1) is 24.7 Å². The topological polar surface area (TPSA) is 0 Å². The van der Waals surface area contributed by atoms with E-state index in [-0.39, 0.29) is 87.8 Å². The molecular weight excluding hydrogens is 649 g/mol. The quantitative estimate of drug-likeness (QED) is 0.161. The monoisotopic (exact) mass is 698 g/mol. The smallest absolute Gasteiger partial charge is 0.0622 e. The first-order chi connectivity index (χ1) is 34.3. The Bertz CT molecular complexity index is 4420. The Morgan fingerprint density at radius 3 is 1.39 bits per heavy atom. The lowest BCUT2D eigenvalue weighted by atomic mass is 9.85. The van der Waals surface area contributed by atoms with Gasteiger partial charge in [-0.25, -0.2) is 0 Å². The molecule has 0 radical (unpaired) electrons. The van der Waals surface area contributed by atoms with Crippen LogP contribution in [0.1, 0.15) is 24.7 Å². The number of hydrogen-bond donors (Lipinski definition) is 0. The zero-order chi connectivity index (χ0) is 51.0. The average Bonchev–Trinajstić information content (AvgIpc) is 3.37. The lowest BCUT2D eigenvalue weighted by molar-refractivity contribution is 1.58. The van der Waals surface area contributed by atoms with Crippen molar-refractivity contribution in [2.45, 2.75) is 0 Å². The number of fused-ring (bicyclic) bond motifs is 1. The highest BCUT2D eigenvalue weighted by Crippen LogP contribution is 2.45. The molecule has 0 amide bonds. The van der Waals surface area contributed by atoms with Gasteiger partial charge in [-0.05, 0) is 138 Å². The number of hydrogen-bond acceptors (Lipinski definition) is 0. The fourth-order valence-electron chi connectivity index (χ4n) is 8.01. The maximum Gasteiger partial charge on any atom is 0.0630 e. The van der Waals surface area contributed by atoms with Crippen LogP contribution in [0.4, 0.5) is 0 Å². The van der Waals surface area contributed by atoms with Crippen LogP contribution in [-0.4, -0.2) is 0 Å². The molecule has 12 rings (SSSR count). The Morgan fingerprint density at radius 2 is 0.759 bits per heavy atom. The first-order valence-electron chi connectivity index (χ1n) is 26.4. The van der Waals surface area contributed by atoms with Crippen LogP contribution in [0.25, 0.3) is 120 Å². The van der Waals surface area contributed by atoms with Crippen LogP contribution >= 0.6 is 0 Å². The van der Waals surface area contributed by atoms with Crippen LogP contribution in [-0.2, 0) is 0 Å². The van der Waals surface area contributed by atoms with Crippen LogP contribution in [0.2, 0.25) is 0 Å². The van der Waals surface area contributed by atoms with E-state index in [1.807, 2.05) is 60.7 Å². The summed E-state index contributed by atoms with van der Waals surface area (Å²) in [6, 6.07) is 17.1. The summed E-state index contributed by atoms with van der Waals surface area (Å²) in [5.74, 6) is 0. The van der Waals surface area contributed by atoms with Crippen LogP contribution in [0.3, 0.4) is 0 Å². The molecule has 12 aromatic rings. The van der Waals surface area contributed by atoms with Crippen molar-refractivity contribution >= 4 is 75.4 Å². The first kappa shape index (κ1) is 17.2. The molecule has 0 saturated heterocycles. The van der Waals surface area contributed by atoms with Crippen molar-refractivity contribution in [2.75, 3.05) is 0 Å². The van der Waals surface area contributed by atoms with E-state index in [0.29, 0.717) is 44.2 Å². The molecule has 0 atom stereocenters. The van der Waals surface area contributed by atoms with Gasteiger partial charge in [0, 0.05) is 0 Å². The zero-order valence-corrected chi connectivity index (χ0v) is 28.1. The van der Waals surface area contributed by atoms with Crippen LogP contribution in [0.15, 0.2) is 194 Å². The molecule has 248 valence electrons. The Labute approximate surface area is 338 Å². The second kappa shape index (κ2) is 11.2. The molecule has 0 fully saturated rings. The molecular formula is C54H32. The molecule has 0 saturated carbocycles. The summed E-state index contributed by atoms with van der Waals surface area (Å²) >= 11 is 0. The molecule has 0 unspecified atom stereocenters. The first-order valence-corrected chi connectivity index (χ1v) is 17.4. The zero-order valence-electron chi connectivity index (χ0n) is 46.1. The van der Waals surface area contributed by atoms with Gasteiger partial charge in [-0.3, -0.25) is 0 Å². The van der Waals surface area contributed by atoms with Crippen LogP contribution in [0, 0.1) is 0 Å². The van der Waals surface area contributed by atoms with E-state index in [1.165, 1.54) is 0 Å². The van der Waals surface area contributed by atoms with Crippen molar-refractivity contribution in [3.05, 3.63) is 194 Å². The SMILES string of the molecule is [2H]c1c([2H])c2c([2H])c([2H])c3c([2H])c([2H])c(-c4ccc(-c5cc(-c6c([2H])c([2H])c7c([2H])c([2H])c8c([2H])c([2H])c([2H])c9c([2H])c([2H])c6c7c89)c6ccccc6c5)cc4-c4ccccc4)c4c([2H])c([2H])c(c1[2H])c2c34. The number of rotatable bonds is 4. The summed E-state index contributed by atoms with van der Waals surface area (Å²) in [6.07, 6.45) is 0. The highest BCUT2D eigenvalue weighted by molar-refractivity contribution is 6.27. The fraction of sp³-hybridized carbons (Fsp3) is 0. The van der Waals surface area contributed by atoms with Gasteiger partial charge >= 0.3 is 0 Å². The van der Waals surface area contributed by atoms with Crippen LogP contribution in [0.5, 0.6) is 0 Å². The van der Waals surface area contributed by atoms with E-state index in [4.69, 9.17) is 13.7 Å². The van der Waals surface area contributed by atoms with Crippen molar-refractivity contribution in [3.8, 4) is 44.5 Å². The molecule has 0 heteroatoms. The third-order valence-electron chi connectivity index (χ3n) is 10.5. The third-order valence-corrected chi connectivity index (χ3v) is 10.5. The van der Waals surface area contributed by atoms with Gasteiger partial charge in [0.1, 0.15) is 0 Å². The van der Waals surface area contributed by atoms with E-state index in [9.17, 15) is 11.0 Å². The third kappa shape index (κ3) is 4.26. The maximum absolute atomic E-state index is 9.61. The standard InChI is InChI=1S/C54H32/c1-2-8-33(9-3-1)49-31-40(24-27-45(49)44-25-20-38-18-16-34-11-6-13-36-22-28-47(44)53(38)51(34)36)42-30-41-10-4-5-15-43(41)50(32-42)46-26-21-39-19-17-35-12-7-14-37-23-29-48(46)54(39)52(35)37/h1-32H/i6D,7D,11D,12D,13D,14D,16D,17D,18D,19D,20D,21D,22D,23D,25D,26D,28D,29D. The Morgan fingerprint density at radius 1 is 0.259 bits per heavy atom. The van der Waals surface area contributed by atoms with Crippen molar-refractivity contribution in [3.63, 3.8) is 0 Å². The molecule has 0 spiro atoms. The Balaban J connectivity index is 1.19. The van der Waals surface area contributed by atoms with Gasteiger partial charge in [-0.15, -0.1) is 0 Å². The molecule has 0 aromatic heterocycles. The molecule has 0 N–H and O–H groups in total. The van der Waals surface area contributed by atoms with Crippen LogP contribution < -0.4 is 0 Å². The molecule has 12 aromatic carbocycles. The minimum Gasteiger partial charge on any atom is -0.0622 e. The molecule has 0 nitrogen and oxygen atoms in total. The predicted octanol–water partition coefficient (Wildman–Crippen LogP) is 15.3. The van der Waals surface area contributed by atoms with E-state index in [0.717, 1.165) is 0 Å². The maximum atomic E-state index is 9.61. The second-order valence-corrected chi connectivity index (χ2v) is 13.4. The van der Waals surface area contributed by atoms with Crippen molar-refractivity contribution in [1.29, 1.82) is 0 Å². The summed E-state index contributed by atoms with van der Waals surface area (Å²) in [6.45, 7) is 0. The Hall–Kier alpha value is -7.02. The highest BCUT2D eigenvalue weighted by atomic mass is 14.2. The van der Waals surface area contributed by atoms with Gasteiger partial charge in [-0.2, -0.15) is 0 Å². The van der Waals surface area contributed by atoms with E-state index >= 15 is 0 Å². The van der Waals surface area contributed by atoms with Crippen molar-refractivity contribution in [1.82, 2.24) is 0 Å². The minimum absolute atomic E-state index is 0.0157. The summed E-state index contributed by atoms with van der Waals surface area (Å²) in [7, 11) is 0. The molecule has 54 heavy (non-hydrogen) atoms. The molecule has 0 aliphatic heterocycles. The lowest BCUT2D eigenvalue weighted by Gasteiger charge is -2.19. The van der Waals surface area contributed by atoms with Gasteiger partial charge < -0.3 is 0 Å². The molecule has 0 bridgehead atoms. The molecule has 0 aliphatic carbocycles. The predicted molar refractivity (Wildman–Crippen MR) is 233 cm³/mol. The normalized spacial score (nSPS) is 16.7. The summed E-state index contributed by atoms with van der Waals surface area (Å²) in [5, 5.41) is 0.655. The van der Waals surface area contributed by atoms with Gasteiger partial charge in [-0.1, -0.05) is 175 Å². The number of benzene rings is 12. The van der Waals surface area contributed by atoms with Gasteiger partial charge in [0.2, 0.25) is 0 Å². The largest absolute Gasteiger partial charge is 0.0630 e. The van der Waals surface area contributed by atoms with E-state index < -0.39 is 96.7 Å². The second-order valence-electron chi connectivity index (χ2n) is 13.4. The average molecular weight is 699 g/mol. The van der Waals surface area contributed by atoms with Gasteiger partial charge in [0.25, 0.3) is 0 Å². The molecule has 0 heterocycles. The highest BCUT2D eigenvalue weighted by Gasteiger charge is 2.18. The van der Waals surface area contributed by atoms with E-state index in [1.54, 1.807) is 24.3 Å². The van der Waals surface area contributed by atoms with Crippen molar-refractivity contribution < 1.29 is 24.7 Å². The van der Waals surface area contributed by atoms with E-state index in [2.05, 4.69) is 0 Å². The minimum atomic E-state index is -0.564.